The van der Waals surface area contributed by atoms with E-state index in [9.17, 15) is 0 Å². The molecule has 1 saturated heterocycles. The van der Waals surface area contributed by atoms with Gasteiger partial charge < -0.3 is 14.9 Å². The van der Waals surface area contributed by atoms with Crippen molar-refractivity contribution < 1.29 is 9.47 Å². The van der Waals surface area contributed by atoms with E-state index in [0.29, 0.717) is 19.0 Å². The molecule has 1 aromatic carbocycles. The molecule has 1 aliphatic rings. The first-order valence-electron chi connectivity index (χ1n) is 5.89. The topological polar surface area (TPSA) is 69.4 Å². The van der Waals surface area contributed by atoms with Crippen LogP contribution in [0.5, 0.6) is 0 Å². The number of nitrogens with one attached hydrogen (secondary N) is 1. The Balaban J connectivity index is 2.14. The number of ether oxygens (including phenoxy) is 2. The maximum Gasteiger partial charge on any atom is 0.187 e. The highest BCUT2D eigenvalue weighted by molar-refractivity contribution is 5.82. The minimum Gasteiger partial charge on any atom is -0.346 e. The lowest BCUT2D eigenvalue weighted by atomic mass is 10.1. The molecule has 0 atom stereocenters. The molecule has 0 aliphatic carbocycles. The minimum atomic E-state index is -0.380. The van der Waals surface area contributed by atoms with Crippen molar-refractivity contribution in [3.63, 3.8) is 0 Å². The number of rotatable bonds is 2. The molecule has 1 aliphatic heterocycles. The number of aromatic nitrogens is 1. The van der Waals surface area contributed by atoms with Crippen molar-refractivity contribution in [2.45, 2.75) is 13.2 Å². The molecule has 0 spiro atoms. The maximum absolute atomic E-state index is 5.52. The van der Waals surface area contributed by atoms with Crippen LogP contribution in [0, 0.1) is 6.92 Å². The molecule has 0 radical (unpaired) electrons. The highest BCUT2D eigenvalue weighted by Crippen LogP contribution is 2.31. The van der Waals surface area contributed by atoms with E-state index in [1.54, 1.807) is 0 Å². The second kappa shape index (κ2) is 4.53. The number of nitrogens with zero attached hydrogens (tertiary/aromatic N) is 1. The molecule has 3 rings (SSSR count). The minimum absolute atomic E-state index is 0.380. The van der Waals surface area contributed by atoms with E-state index in [0.717, 1.165) is 16.5 Å². The van der Waals surface area contributed by atoms with Gasteiger partial charge in [-0.1, -0.05) is 12.1 Å². The summed E-state index contributed by atoms with van der Waals surface area (Å²) in [5, 5.41) is 1.05. The van der Waals surface area contributed by atoms with Crippen LogP contribution in [-0.4, -0.2) is 18.2 Å². The molecule has 18 heavy (non-hydrogen) atoms. The monoisotopic (exact) mass is 245 g/mol. The summed E-state index contributed by atoms with van der Waals surface area (Å²) in [6.07, 6.45) is -0.380. The van der Waals surface area contributed by atoms with Crippen LogP contribution >= 0.6 is 0 Å². The Bertz CT molecular complexity index is 580. The highest BCUT2D eigenvalue weighted by Gasteiger charge is 2.22. The Morgan fingerprint density at radius 1 is 1.28 bits per heavy atom. The second-order valence-electron chi connectivity index (χ2n) is 4.34. The molecular weight excluding hydrogens is 230 g/mol. The number of pyridine rings is 1. The molecule has 5 nitrogen and oxygen atoms in total. The van der Waals surface area contributed by atoms with Gasteiger partial charge in [0.15, 0.2) is 6.29 Å². The third-order valence-electron chi connectivity index (χ3n) is 3.02. The van der Waals surface area contributed by atoms with Gasteiger partial charge in [0.1, 0.15) is 5.82 Å². The molecule has 0 bridgehead atoms. The molecule has 0 saturated carbocycles. The number of fused-ring (bicyclic) bond motifs is 1. The number of hydrazine groups is 1. The van der Waals surface area contributed by atoms with E-state index in [1.807, 2.05) is 25.1 Å². The summed E-state index contributed by atoms with van der Waals surface area (Å²) in [5.74, 6) is 6.12. The summed E-state index contributed by atoms with van der Waals surface area (Å²) in [6, 6.07) is 8.12. The maximum atomic E-state index is 5.52. The van der Waals surface area contributed by atoms with Gasteiger partial charge in [0.2, 0.25) is 0 Å². The molecule has 5 heteroatoms. The summed E-state index contributed by atoms with van der Waals surface area (Å²) in [5.41, 5.74) is 5.53. The van der Waals surface area contributed by atoms with E-state index in [4.69, 9.17) is 15.3 Å². The zero-order valence-electron chi connectivity index (χ0n) is 10.1. The number of nitrogen functional groups attached to an aromatic ring is 1. The Morgan fingerprint density at radius 3 is 2.78 bits per heavy atom. The lowest BCUT2D eigenvalue weighted by Crippen LogP contribution is -2.13. The normalized spacial score (nSPS) is 16.3. The van der Waals surface area contributed by atoms with E-state index in [-0.39, 0.29) is 6.29 Å². The summed E-state index contributed by atoms with van der Waals surface area (Å²) >= 11 is 0. The van der Waals surface area contributed by atoms with Crippen molar-refractivity contribution in [3.8, 4) is 0 Å². The van der Waals surface area contributed by atoms with Crippen LogP contribution in [0.25, 0.3) is 10.9 Å². The van der Waals surface area contributed by atoms with E-state index in [2.05, 4.69) is 16.5 Å². The molecule has 3 N–H and O–H groups in total. The molecule has 0 unspecified atom stereocenters. The number of hydrogen-bond acceptors (Lipinski definition) is 5. The van der Waals surface area contributed by atoms with Crippen LogP contribution < -0.4 is 11.3 Å². The van der Waals surface area contributed by atoms with Crippen molar-refractivity contribution in [1.29, 1.82) is 0 Å². The van der Waals surface area contributed by atoms with Crippen LogP contribution in [0.15, 0.2) is 24.3 Å². The number of benzene rings is 1. The third kappa shape index (κ3) is 1.92. The molecule has 1 aromatic heterocycles. The molecule has 94 valence electrons. The van der Waals surface area contributed by atoms with Gasteiger partial charge >= 0.3 is 0 Å². The van der Waals surface area contributed by atoms with Gasteiger partial charge in [-0.3, -0.25) is 0 Å². The van der Waals surface area contributed by atoms with E-state index >= 15 is 0 Å². The van der Waals surface area contributed by atoms with Crippen LogP contribution in [0.1, 0.15) is 17.4 Å². The van der Waals surface area contributed by atoms with Gasteiger partial charge in [-0.05, 0) is 24.6 Å². The molecule has 0 amide bonds. The van der Waals surface area contributed by atoms with Gasteiger partial charge in [-0.15, -0.1) is 0 Å². The van der Waals surface area contributed by atoms with Crippen molar-refractivity contribution in [3.05, 3.63) is 35.4 Å². The summed E-state index contributed by atoms with van der Waals surface area (Å²) in [7, 11) is 0. The van der Waals surface area contributed by atoms with E-state index < -0.39 is 0 Å². The molecule has 1 fully saturated rings. The van der Waals surface area contributed by atoms with Crippen LogP contribution in [0.2, 0.25) is 0 Å². The highest BCUT2D eigenvalue weighted by atomic mass is 16.7. The predicted octanol–water partition coefficient (Wildman–Crippen LogP) is 1.87. The van der Waals surface area contributed by atoms with Crippen LogP contribution in [0.3, 0.4) is 0 Å². The Kier molecular flexibility index (Phi) is 2.87. The quantitative estimate of drug-likeness (QED) is 0.624. The smallest absolute Gasteiger partial charge is 0.187 e. The second-order valence-corrected chi connectivity index (χ2v) is 4.34. The molecular formula is C13H15N3O2. The van der Waals surface area contributed by atoms with Crippen molar-refractivity contribution in [2.75, 3.05) is 18.6 Å². The number of aryl methyl sites for hydroxylation is 1. The lowest BCUT2D eigenvalue weighted by molar-refractivity contribution is -0.0436. The van der Waals surface area contributed by atoms with Crippen LogP contribution in [-0.2, 0) is 9.47 Å². The number of hydrogen-bond donors (Lipinski definition) is 2. The SMILES string of the molecule is Cc1ccc2cc(C3OCCO3)c(NN)nc2c1. The average molecular weight is 245 g/mol. The zero-order valence-corrected chi connectivity index (χ0v) is 10.1. The summed E-state index contributed by atoms with van der Waals surface area (Å²) in [4.78, 5) is 4.50. The van der Waals surface area contributed by atoms with Gasteiger partial charge in [-0.2, -0.15) is 0 Å². The van der Waals surface area contributed by atoms with Gasteiger partial charge in [-0.25, -0.2) is 10.8 Å². The van der Waals surface area contributed by atoms with Crippen molar-refractivity contribution in [1.82, 2.24) is 4.98 Å². The first kappa shape index (κ1) is 11.4. The van der Waals surface area contributed by atoms with Gasteiger partial charge in [0.25, 0.3) is 0 Å². The largest absolute Gasteiger partial charge is 0.346 e. The number of anilines is 1. The Hall–Kier alpha value is -1.69. The van der Waals surface area contributed by atoms with Crippen LogP contribution in [0.4, 0.5) is 5.82 Å². The van der Waals surface area contributed by atoms with Gasteiger partial charge in [0.05, 0.1) is 24.3 Å². The third-order valence-corrected chi connectivity index (χ3v) is 3.02. The fourth-order valence-electron chi connectivity index (χ4n) is 2.13. The summed E-state index contributed by atoms with van der Waals surface area (Å²) in [6.45, 7) is 3.23. The fraction of sp³-hybridized carbons (Fsp3) is 0.308. The molecule has 2 heterocycles. The first-order valence-corrected chi connectivity index (χ1v) is 5.89. The Morgan fingerprint density at radius 2 is 2.06 bits per heavy atom. The van der Waals surface area contributed by atoms with E-state index in [1.165, 1.54) is 5.56 Å². The van der Waals surface area contributed by atoms with Crippen molar-refractivity contribution in [2.24, 2.45) is 5.84 Å². The van der Waals surface area contributed by atoms with Crippen molar-refractivity contribution >= 4 is 16.7 Å². The number of nitrogens with two attached hydrogens (primary N) is 1. The fourth-order valence-corrected chi connectivity index (χ4v) is 2.13. The lowest BCUT2D eigenvalue weighted by Gasteiger charge is -2.14. The molecule has 2 aromatic rings. The van der Waals surface area contributed by atoms with Gasteiger partial charge in [0, 0.05) is 5.39 Å². The predicted molar refractivity (Wildman–Crippen MR) is 68.9 cm³/mol. The Labute approximate surface area is 105 Å². The average Bonchev–Trinajstić information content (AvgIpc) is 2.90. The summed E-state index contributed by atoms with van der Waals surface area (Å²) < 4.78 is 11.0. The standard InChI is InChI=1S/C13H15N3O2/c1-8-2-3-9-7-10(13-17-4-5-18-13)12(16-14)15-11(9)6-8/h2-3,6-7,13H,4-5,14H2,1H3,(H,15,16). The first-order chi connectivity index (χ1) is 8.78. The zero-order chi connectivity index (χ0) is 12.5.